The molecule has 106 heavy (non-hydrogen) atoms. The lowest BCUT2D eigenvalue weighted by Gasteiger charge is -2.26. The second kappa shape index (κ2) is 42.1. The summed E-state index contributed by atoms with van der Waals surface area (Å²) in [6, 6.07) is 98.4. The molecular formula is C106H126. The predicted octanol–water partition coefficient (Wildman–Crippen LogP) is 30.1. The Morgan fingerprint density at radius 1 is 0.179 bits per heavy atom. The van der Waals surface area contributed by atoms with Crippen molar-refractivity contribution in [2.45, 2.75) is 192 Å². The lowest BCUT2D eigenvalue weighted by atomic mass is 9.78. The zero-order chi connectivity index (χ0) is 77.1. The fourth-order valence-electron chi connectivity index (χ4n) is 11.8. The van der Waals surface area contributed by atoms with Gasteiger partial charge in [0, 0.05) is 5.41 Å². The van der Waals surface area contributed by atoms with Crippen LogP contribution < -0.4 is 0 Å². The molecule has 13 aromatic carbocycles. The van der Waals surface area contributed by atoms with E-state index in [1.807, 2.05) is 0 Å². The third-order valence-electron chi connectivity index (χ3n) is 20.2. The molecule has 0 aliphatic rings. The summed E-state index contributed by atoms with van der Waals surface area (Å²) in [5.41, 5.74) is 44.5. The van der Waals surface area contributed by atoms with E-state index in [0.717, 1.165) is 6.42 Å². The zero-order valence-corrected chi connectivity index (χ0v) is 68.7. The molecule has 0 spiro atoms. The minimum Gasteiger partial charge on any atom is -0.0776 e. The van der Waals surface area contributed by atoms with Crippen LogP contribution >= 0.6 is 0 Å². The van der Waals surface area contributed by atoms with Crippen molar-refractivity contribution in [1.82, 2.24) is 0 Å². The maximum Gasteiger partial charge on any atom is 0.0146 e. The Labute approximate surface area is 644 Å². The van der Waals surface area contributed by atoms with E-state index in [0.29, 0.717) is 0 Å². The van der Waals surface area contributed by atoms with Crippen LogP contribution in [0.25, 0.3) is 33.4 Å². The Morgan fingerprint density at radius 3 is 0.651 bits per heavy atom. The molecule has 0 saturated heterocycles. The first kappa shape index (κ1) is 86.5. The van der Waals surface area contributed by atoms with Crippen molar-refractivity contribution in [3.8, 4) is 33.4 Å². The van der Waals surface area contributed by atoms with Gasteiger partial charge in [-0.05, 0) is 288 Å². The van der Waals surface area contributed by atoms with Gasteiger partial charge in [0.05, 0.1) is 0 Å². The lowest BCUT2D eigenvalue weighted by molar-refractivity contribution is 0.640. The lowest BCUT2D eigenvalue weighted by Crippen LogP contribution is -2.18. The molecule has 0 fully saturated rings. The largest absolute Gasteiger partial charge is 0.0776 e. The van der Waals surface area contributed by atoms with Crippen LogP contribution in [0.5, 0.6) is 0 Å². The van der Waals surface area contributed by atoms with Gasteiger partial charge in [-0.3, -0.25) is 0 Å². The monoisotopic (exact) mass is 1400 g/mol. The molecule has 0 atom stereocenters. The standard InChI is InChI=1S/C18H22.C17H20.C16H18.C15H16.C14H14.C9H12.2C8H10.CH4/c1-11-7-17(8-12(2)15(11)5)18-9-13(3)16(6)14(4)10-18;1-13-5-9-15(10-6-13)17(3,4)16-11-7-14(2)8-12-16;1-11-5-7-15(9-13(11)3)16-8-6-12(2)14(4)10-16;1-12-3-7-14(8-4-12)11-15-9-5-13(2)6-10-15;1-11-3-7-13(8-4-11)14-9-5-12(2)6-10-14;1-7-4-5-8(2)9(3)6-7;1-7-3-5-8(2)6-4-7;1-7-4-3-5-8(2)6-7;/h7-10H,1-6H3;5-12H,1-4H3;5-10H,1-4H3;3-10H,11H2,1-2H3;3-10H,1-2H3;4-6H,1-3H3;2*3-6H,1-2H3;1H4. The highest BCUT2D eigenvalue weighted by Gasteiger charge is 2.22. The van der Waals surface area contributed by atoms with Crippen molar-refractivity contribution >= 4 is 0 Å². The van der Waals surface area contributed by atoms with Crippen molar-refractivity contribution in [2.75, 3.05) is 0 Å². The normalized spacial score (nSPS) is 10.3. The molecule has 0 aromatic heterocycles. The number of benzene rings is 13. The van der Waals surface area contributed by atoms with Crippen LogP contribution in [0.2, 0.25) is 0 Å². The van der Waals surface area contributed by atoms with Gasteiger partial charge in [0.25, 0.3) is 0 Å². The quantitative estimate of drug-likeness (QED) is 0.149. The maximum absolute atomic E-state index is 2.30. The topological polar surface area (TPSA) is 0 Å². The summed E-state index contributed by atoms with van der Waals surface area (Å²) in [5, 5.41) is 0. The van der Waals surface area contributed by atoms with Gasteiger partial charge in [-0.25, -0.2) is 0 Å². The maximum atomic E-state index is 2.30. The van der Waals surface area contributed by atoms with E-state index in [1.54, 1.807) is 0 Å². The summed E-state index contributed by atoms with van der Waals surface area (Å²) >= 11 is 0. The molecule has 550 valence electrons. The molecule has 0 aliphatic carbocycles. The van der Waals surface area contributed by atoms with Crippen molar-refractivity contribution < 1.29 is 0 Å². The molecule has 0 amide bonds. The van der Waals surface area contributed by atoms with Crippen molar-refractivity contribution in [2.24, 2.45) is 0 Å². The molecule has 0 radical (unpaired) electrons. The Balaban J connectivity index is 0.000000220. The smallest absolute Gasteiger partial charge is 0.0146 e. The average molecular weight is 1400 g/mol. The van der Waals surface area contributed by atoms with Gasteiger partial charge in [-0.2, -0.15) is 0 Å². The van der Waals surface area contributed by atoms with E-state index in [4.69, 9.17) is 0 Å². The first-order valence-electron chi connectivity index (χ1n) is 37.6. The third kappa shape index (κ3) is 28.4. The average Bonchev–Trinajstić information content (AvgIpc) is 0.818. The Morgan fingerprint density at radius 2 is 0.396 bits per heavy atom. The van der Waals surface area contributed by atoms with Crippen molar-refractivity contribution in [3.63, 3.8) is 0 Å². The van der Waals surface area contributed by atoms with E-state index in [-0.39, 0.29) is 12.8 Å². The molecule has 0 heteroatoms. The molecule has 13 aromatic rings. The molecular weight excluding hydrogens is 1270 g/mol. The summed E-state index contributed by atoms with van der Waals surface area (Å²) in [5.74, 6) is 0. The van der Waals surface area contributed by atoms with Gasteiger partial charge in [0.15, 0.2) is 0 Å². The van der Waals surface area contributed by atoms with Gasteiger partial charge in [-0.1, -0.05) is 355 Å². The molecule has 0 heterocycles. The SMILES string of the molecule is C.Cc1cc(-c2cc(C)c(C)c(C)c2)cc(C)c1C.Cc1ccc(-c2ccc(C)c(C)c2)cc1C.Cc1ccc(-c2ccc(C)cc2)cc1.Cc1ccc(C(C)(C)c2ccc(C)cc2)cc1.Cc1ccc(C)c(C)c1.Cc1ccc(C)cc1.Cc1ccc(Cc2ccc(C)cc2)cc1.Cc1cccc(C)c1. The molecule has 0 N–H and O–H groups in total. The molecule has 0 nitrogen and oxygen atoms in total. The van der Waals surface area contributed by atoms with Crippen LogP contribution in [-0.4, -0.2) is 0 Å². The van der Waals surface area contributed by atoms with Crippen LogP contribution in [0.15, 0.2) is 273 Å². The van der Waals surface area contributed by atoms with Crippen LogP contribution in [0, 0.1) is 159 Å². The van der Waals surface area contributed by atoms with Crippen LogP contribution in [0.1, 0.15) is 171 Å². The highest BCUT2D eigenvalue weighted by Crippen LogP contribution is 2.33. The number of rotatable bonds is 7. The Hall–Kier alpha value is -10.1. The molecule has 0 unspecified atom stereocenters. The third-order valence-corrected chi connectivity index (χ3v) is 20.2. The van der Waals surface area contributed by atoms with Gasteiger partial charge in [0.1, 0.15) is 0 Å². The second-order valence-corrected chi connectivity index (χ2v) is 30.2. The summed E-state index contributed by atoms with van der Waals surface area (Å²) < 4.78 is 0. The van der Waals surface area contributed by atoms with Gasteiger partial charge in [-0.15, -0.1) is 0 Å². The first-order chi connectivity index (χ1) is 49.7. The van der Waals surface area contributed by atoms with Gasteiger partial charge >= 0.3 is 0 Å². The molecule has 0 aliphatic heterocycles. The Kier molecular flexibility index (Phi) is 34.4. The van der Waals surface area contributed by atoms with Gasteiger partial charge < -0.3 is 0 Å². The molecule has 0 bridgehead atoms. The van der Waals surface area contributed by atoms with E-state index >= 15 is 0 Å². The van der Waals surface area contributed by atoms with Crippen LogP contribution in [0.4, 0.5) is 0 Å². The highest BCUT2D eigenvalue weighted by atomic mass is 14.3. The van der Waals surface area contributed by atoms with Crippen LogP contribution in [-0.2, 0) is 11.8 Å². The summed E-state index contributed by atoms with van der Waals surface area (Å²) in [6.45, 7) is 53.9. The minimum atomic E-state index is 0. The summed E-state index contributed by atoms with van der Waals surface area (Å²) in [7, 11) is 0. The number of hydrogen-bond acceptors (Lipinski definition) is 0. The zero-order valence-electron chi connectivity index (χ0n) is 68.7. The van der Waals surface area contributed by atoms with E-state index in [1.165, 1.54) is 184 Å². The van der Waals surface area contributed by atoms with Crippen LogP contribution in [0.3, 0.4) is 0 Å². The highest BCUT2D eigenvalue weighted by molar-refractivity contribution is 5.69. The number of hydrogen-bond donors (Lipinski definition) is 0. The minimum absolute atomic E-state index is 0. The second-order valence-electron chi connectivity index (χ2n) is 30.2. The molecule has 0 saturated carbocycles. The fraction of sp³-hybridized carbons (Fsp3) is 0.264. The Bertz CT molecular complexity index is 4470. The van der Waals surface area contributed by atoms with E-state index in [2.05, 4.69) is 446 Å². The number of aryl methyl sites for hydroxylation is 21. The predicted molar refractivity (Wildman–Crippen MR) is 471 cm³/mol. The van der Waals surface area contributed by atoms with Gasteiger partial charge in [0.2, 0.25) is 0 Å². The van der Waals surface area contributed by atoms with E-state index in [9.17, 15) is 0 Å². The summed E-state index contributed by atoms with van der Waals surface area (Å²) in [6.07, 6.45) is 1.03. The van der Waals surface area contributed by atoms with E-state index < -0.39 is 0 Å². The summed E-state index contributed by atoms with van der Waals surface area (Å²) in [4.78, 5) is 0. The molecule has 13 rings (SSSR count). The fourth-order valence-corrected chi connectivity index (χ4v) is 11.8. The van der Waals surface area contributed by atoms with Crippen molar-refractivity contribution in [3.05, 3.63) is 423 Å². The van der Waals surface area contributed by atoms with Crippen molar-refractivity contribution in [1.29, 1.82) is 0 Å². The first-order valence-corrected chi connectivity index (χ1v) is 37.6.